The fourth-order valence-electron chi connectivity index (χ4n) is 3.71. The van der Waals surface area contributed by atoms with Crippen molar-refractivity contribution in [1.29, 1.82) is 0 Å². The number of aliphatic hydroxyl groups is 1. The summed E-state index contributed by atoms with van der Waals surface area (Å²) in [7, 11) is 1.26. The average molecular weight is 596 g/mol. The highest BCUT2D eigenvalue weighted by atomic mass is 19.4. The maximum absolute atomic E-state index is 13.2. The Kier molecular flexibility index (Phi) is 7.70. The van der Waals surface area contributed by atoms with Gasteiger partial charge in [0.05, 0.1) is 6.54 Å². The number of nitrogens with zero attached hydrogens (tertiary/aromatic N) is 3. The number of nitrogens with one attached hydrogen (secondary N) is 1. The molecular formula is C23H16F8N4O6. The van der Waals surface area contributed by atoms with Crippen LogP contribution in [0.15, 0.2) is 52.1 Å². The maximum Gasteiger partial charge on any atom is 0.573 e. The number of rotatable bonds is 8. The quantitative estimate of drug-likeness (QED) is 0.291. The van der Waals surface area contributed by atoms with E-state index in [0.717, 1.165) is 41.0 Å². The van der Waals surface area contributed by atoms with E-state index in [4.69, 9.17) is 4.74 Å². The van der Waals surface area contributed by atoms with Crippen LogP contribution < -0.4 is 25.5 Å². The summed E-state index contributed by atoms with van der Waals surface area (Å²) >= 11 is 0. The van der Waals surface area contributed by atoms with Crippen molar-refractivity contribution >= 4 is 11.2 Å². The number of halogens is 8. The van der Waals surface area contributed by atoms with Crippen LogP contribution in [0.2, 0.25) is 0 Å². The Labute approximate surface area is 221 Å². The molecule has 0 saturated heterocycles. The Morgan fingerprint density at radius 2 is 1.54 bits per heavy atom. The molecule has 0 aliphatic rings. The lowest BCUT2D eigenvalue weighted by Gasteiger charge is -2.15. The van der Waals surface area contributed by atoms with Gasteiger partial charge in [-0.2, -0.15) is 0 Å². The molecule has 0 radical (unpaired) electrons. The lowest BCUT2D eigenvalue weighted by atomic mass is 10.2. The minimum absolute atomic E-state index is 0.114. The molecule has 41 heavy (non-hydrogen) atoms. The van der Waals surface area contributed by atoms with Gasteiger partial charge in [-0.3, -0.25) is 14.3 Å². The lowest BCUT2D eigenvalue weighted by Crippen LogP contribution is -2.36. The summed E-state index contributed by atoms with van der Waals surface area (Å²) in [5.41, 5.74) is -3.02. The standard InChI is InChI=1S/C23H16F8N4O6/c1-34-16-19(35(9-13(36)17(24)25)21(38)33-20(16)37)32-18(34)10-2-7-14(15(8-10)41-23(29,30)31)39-11-3-5-12(6-4-11)40-22(26,27)28/h2-8,13,17,36H,9H2,1H3,(H,33,37,38)/t13-/m1/s1. The molecule has 0 unspecified atom stereocenters. The van der Waals surface area contributed by atoms with Crippen LogP contribution in [0.1, 0.15) is 0 Å². The number of H-pyrrole nitrogens is 1. The number of alkyl halides is 8. The van der Waals surface area contributed by atoms with Crippen molar-refractivity contribution in [1.82, 2.24) is 19.1 Å². The van der Waals surface area contributed by atoms with Crippen LogP contribution in [-0.2, 0) is 13.6 Å². The van der Waals surface area contributed by atoms with Crippen LogP contribution in [0.3, 0.4) is 0 Å². The molecule has 0 spiro atoms. The molecule has 2 heterocycles. The van der Waals surface area contributed by atoms with Crippen LogP contribution in [0.4, 0.5) is 35.1 Å². The number of aromatic amines is 1. The SMILES string of the molecule is Cn1c(-c2ccc(Oc3ccc(OC(F)(F)F)cc3)c(OC(F)(F)F)c2)nc2c1c(=O)[nH]c(=O)n2C[C@@H](O)C(F)F. The molecule has 2 aromatic heterocycles. The Bertz CT molecular complexity index is 1680. The van der Waals surface area contributed by atoms with E-state index >= 15 is 0 Å². The highest BCUT2D eigenvalue weighted by Gasteiger charge is 2.34. The fourth-order valence-corrected chi connectivity index (χ4v) is 3.71. The fraction of sp³-hybridized carbons (Fsp3) is 0.261. The number of benzene rings is 2. The van der Waals surface area contributed by atoms with Gasteiger partial charge >= 0.3 is 18.4 Å². The topological polar surface area (TPSA) is 121 Å². The summed E-state index contributed by atoms with van der Waals surface area (Å²) in [4.78, 5) is 30.7. The smallest absolute Gasteiger partial charge is 0.453 e. The summed E-state index contributed by atoms with van der Waals surface area (Å²) < 4.78 is 117. The largest absolute Gasteiger partial charge is 0.573 e. The Balaban J connectivity index is 1.77. The molecule has 0 aliphatic heterocycles. The van der Waals surface area contributed by atoms with Crippen molar-refractivity contribution in [3.8, 4) is 34.4 Å². The molecule has 1 atom stereocenters. The monoisotopic (exact) mass is 596 g/mol. The zero-order valence-electron chi connectivity index (χ0n) is 20.3. The van der Waals surface area contributed by atoms with Gasteiger partial charge < -0.3 is 23.9 Å². The molecule has 4 rings (SSSR count). The Morgan fingerprint density at radius 3 is 2.12 bits per heavy atom. The third kappa shape index (κ3) is 6.76. The van der Waals surface area contributed by atoms with Crippen LogP contribution in [0, 0.1) is 0 Å². The van der Waals surface area contributed by atoms with Gasteiger partial charge in [0, 0.05) is 12.6 Å². The van der Waals surface area contributed by atoms with Crippen LogP contribution in [-0.4, -0.2) is 49.5 Å². The number of aryl methyl sites for hydroxylation is 1. The summed E-state index contributed by atoms with van der Waals surface area (Å²) in [6.45, 7) is -0.956. The van der Waals surface area contributed by atoms with E-state index in [2.05, 4.69) is 14.5 Å². The van der Waals surface area contributed by atoms with Crippen molar-refractivity contribution in [3.05, 3.63) is 63.3 Å². The number of imidazole rings is 1. The van der Waals surface area contributed by atoms with E-state index in [9.17, 15) is 49.8 Å². The molecule has 4 aromatic rings. The van der Waals surface area contributed by atoms with Crippen molar-refractivity contribution in [2.45, 2.75) is 31.8 Å². The second-order valence-electron chi connectivity index (χ2n) is 8.27. The number of hydrogen-bond donors (Lipinski definition) is 2. The van der Waals surface area contributed by atoms with Crippen LogP contribution in [0.5, 0.6) is 23.0 Å². The summed E-state index contributed by atoms with van der Waals surface area (Å²) in [5.74, 6) is -2.44. The van der Waals surface area contributed by atoms with E-state index in [1.54, 1.807) is 0 Å². The predicted molar refractivity (Wildman–Crippen MR) is 123 cm³/mol. The molecule has 0 saturated carbocycles. The molecule has 2 aromatic carbocycles. The summed E-state index contributed by atoms with van der Waals surface area (Å²) in [6, 6.07) is 6.73. The zero-order valence-corrected chi connectivity index (χ0v) is 20.3. The van der Waals surface area contributed by atoms with Gasteiger partial charge in [-0.15, -0.1) is 26.3 Å². The molecule has 10 nitrogen and oxygen atoms in total. The van der Waals surface area contributed by atoms with Gasteiger partial charge in [-0.25, -0.2) is 18.6 Å². The summed E-state index contributed by atoms with van der Waals surface area (Å²) in [6.07, 6.45) is -15.7. The third-order valence-electron chi connectivity index (χ3n) is 5.39. The van der Waals surface area contributed by atoms with Crippen molar-refractivity contribution < 1.29 is 54.4 Å². The highest BCUT2D eigenvalue weighted by molar-refractivity contribution is 5.77. The van der Waals surface area contributed by atoms with Crippen LogP contribution in [0.25, 0.3) is 22.6 Å². The molecule has 0 fully saturated rings. The second-order valence-corrected chi connectivity index (χ2v) is 8.27. The normalized spacial score (nSPS) is 13.0. The number of aliphatic hydroxyl groups excluding tert-OH is 1. The minimum atomic E-state index is -5.23. The van der Waals surface area contributed by atoms with E-state index in [0.29, 0.717) is 4.57 Å². The first kappa shape index (κ1) is 29.4. The number of aromatic nitrogens is 4. The second kappa shape index (κ2) is 10.8. The number of hydrogen-bond acceptors (Lipinski definition) is 7. The Morgan fingerprint density at radius 1 is 0.927 bits per heavy atom. The predicted octanol–water partition coefficient (Wildman–Crippen LogP) is 4.31. The minimum Gasteiger partial charge on any atom is -0.453 e. The van der Waals surface area contributed by atoms with E-state index in [-0.39, 0.29) is 22.7 Å². The molecule has 220 valence electrons. The number of fused-ring (bicyclic) bond motifs is 1. The van der Waals surface area contributed by atoms with Gasteiger partial charge in [0.25, 0.3) is 12.0 Å². The van der Waals surface area contributed by atoms with E-state index in [1.165, 1.54) is 13.1 Å². The van der Waals surface area contributed by atoms with Crippen molar-refractivity contribution in [3.63, 3.8) is 0 Å². The molecule has 0 bridgehead atoms. The average Bonchev–Trinajstić information content (AvgIpc) is 3.19. The van der Waals surface area contributed by atoms with Crippen molar-refractivity contribution in [2.24, 2.45) is 7.05 Å². The van der Waals surface area contributed by atoms with E-state index in [1.807, 2.05) is 4.98 Å². The van der Waals surface area contributed by atoms with E-state index < -0.39 is 65.9 Å². The molecule has 0 amide bonds. The third-order valence-corrected chi connectivity index (χ3v) is 5.39. The van der Waals surface area contributed by atoms with Gasteiger partial charge in [-0.05, 0) is 42.5 Å². The molecule has 18 heteroatoms. The highest BCUT2D eigenvalue weighted by Crippen LogP contribution is 2.39. The van der Waals surface area contributed by atoms with Gasteiger partial charge in [0.15, 0.2) is 22.7 Å². The maximum atomic E-state index is 13.2. The molecule has 0 aliphatic carbocycles. The first-order valence-electron chi connectivity index (χ1n) is 11.1. The summed E-state index contributed by atoms with van der Waals surface area (Å²) in [5, 5.41) is 9.56. The first-order chi connectivity index (χ1) is 19.0. The molecule has 2 N–H and O–H groups in total. The van der Waals surface area contributed by atoms with Crippen LogP contribution >= 0.6 is 0 Å². The Hall–Kier alpha value is -4.61. The van der Waals surface area contributed by atoms with Gasteiger partial charge in [0.2, 0.25) is 0 Å². The molecular weight excluding hydrogens is 580 g/mol. The van der Waals surface area contributed by atoms with Crippen molar-refractivity contribution in [2.75, 3.05) is 0 Å². The lowest BCUT2D eigenvalue weighted by molar-refractivity contribution is -0.275. The van der Waals surface area contributed by atoms with Gasteiger partial charge in [0.1, 0.15) is 23.4 Å². The first-order valence-corrected chi connectivity index (χ1v) is 11.1. The van der Waals surface area contributed by atoms with Gasteiger partial charge in [-0.1, -0.05) is 0 Å². The zero-order chi connectivity index (χ0) is 30.3. The number of ether oxygens (including phenoxy) is 3.